The average molecular weight is 376 g/mol. The molecule has 26 heavy (non-hydrogen) atoms. The molecule has 2 heterocycles. The Kier molecular flexibility index (Phi) is 4.31. The fraction of sp³-hybridized carbons (Fsp3) is 0.526. The van der Waals surface area contributed by atoms with Gasteiger partial charge in [-0.3, -0.25) is 4.90 Å². The topological polar surface area (TPSA) is 68.6 Å². The number of ether oxygens (including phenoxy) is 1. The van der Waals surface area contributed by atoms with Crippen LogP contribution in [-0.2, 0) is 27.7 Å². The second-order valence-electron chi connectivity index (χ2n) is 7.33. The highest BCUT2D eigenvalue weighted by atomic mass is 32.2. The van der Waals surface area contributed by atoms with Crippen LogP contribution in [0.1, 0.15) is 47.3 Å². The number of aromatic nitrogens is 1. The van der Waals surface area contributed by atoms with Gasteiger partial charge in [-0.05, 0) is 36.6 Å². The molecule has 1 aliphatic carbocycles. The maximum atomic E-state index is 12.5. The van der Waals surface area contributed by atoms with Gasteiger partial charge in [0, 0.05) is 36.6 Å². The van der Waals surface area contributed by atoms with Gasteiger partial charge in [-0.15, -0.1) is 0 Å². The second kappa shape index (κ2) is 6.39. The van der Waals surface area contributed by atoms with Crippen LogP contribution in [0, 0.1) is 0 Å². The molecule has 1 fully saturated rings. The largest absolute Gasteiger partial charge is 0.465 e. The Hall–Kier alpha value is -1.86. The van der Waals surface area contributed by atoms with Crippen molar-refractivity contribution >= 4 is 26.9 Å². The van der Waals surface area contributed by atoms with Crippen molar-refractivity contribution in [1.29, 1.82) is 0 Å². The number of fused-ring (bicyclic) bond motifs is 3. The van der Waals surface area contributed by atoms with Crippen molar-refractivity contribution in [1.82, 2.24) is 8.87 Å². The average Bonchev–Trinajstić information content (AvgIpc) is 3.25. The third-order valence-corrected chi connectivity index (χ3v) is 6.81. The van der Waals surface area contributed by atoms with E-state index in [4.69, 9.17) is 4.74 Å². The van der Waals surface area contributed by atoms with Crippen LogP contribution >= 0.6 is 0 Å². The molecular formula is C19H24N2O4S. The number of methoxy groups -OCH3 is 1. The van der Waals surface area contributed by atoms with E-state index in [0.29, 0.717) is 23.5 Å². The van der Waals surface area contributed by atoms with Gasteiger partial charge in [0.25, 0.3) is 0 Å². The van der Waals surface area contributed by atoms with Gasteiger partial charge in [0.05, 0.1) is 24.4 Å². The maximum absolute atomic E-state index is 12.5. The summed E-state index contributed by atoms with van der Waals surface area (Å²) in [5.74, 6) is -0.406. The minimum Gasteiger partial charge on any atom is -0.465 e. The highest BCUT2D eigenvalue weighted by Crippen LogP contribution is 2.35. The second-order valence-corrected chi connectivity index (χ2v) is 9.17. The fourth-order valence-electron chi connectivity index (χ4n) is 4.54. The van der Waals surface area contributed by atoms with Crippen molar-refractivity contribution in [2.45, 2.75) is 44.7 Å². The lowest BCUT2D eigenvalue weighted by molar-refractivity contribution is 0.0601. The number of nitrogens with zero attached hydrogens (tertiary/aromatic N) is 2. The first-order valence-electron chi connectivity index (χ1n) is 9.09. The third kappa shape index (κ3) is 2.83. The predicted molar refractivity (Wildman–Crippen MR) is 99.9 cm³/mol. The van der Waals surface area contributed by atoms with Gasteiger partial charge in [-0.2, -0.15) is 0 Å². The quantitative estimate of drug-likeness (QED) is 0.770. The summed E-state index contributed by atoms with van der Waals surface area (Å²) >= 11 is 0. The molecule has 140 valence electrons. The molecule has 1 aromatic carbocycles. The number of benzene rings is 1. The molecule has 0 bridgehead atoms. The molecule has 0 amide bonds. The number of hydrogen-bond donors (Lipinski definition) is 0. The number of hydrogen-bond acceptors (Lipinski definition) is 5. The Bertz CT molecular complexity index is 971. The van der Waals surface area contributed by atoms with Crippen LogP contribution in [0.15, 0.2) is 18.2 Å². The first kappa shape index (κ1) is 17.5. The normalized spacial score (nSPS) is 19.0. The summed E-state index contributed by atoms with van der Waals surface area (Å²) in [5, 5.41) is 0.844. The summed E-state index contributed by atoms with van der Waals surface area (Å²) in [4.78, 5) is 14.4. The highest BCUT2D eigenvalue weighted by Gasteiger charge is 2.31. The lowest BCUT2D eigenvalue weighted by atomic mass is 10.0. The molecule has 1 aromatic heterocycles. The minimum absolute atomic E-state index is 0.406. The van der Waals surface area contributed by atoms with E-state index in [-0.39, 0.29) is 0 Å². The summed E-state index contributed by atoms with van der Waals surface area (Å²) in [6.45, 7) is 1.62. The lowest BCUT2D eigenvalue weighted by Crippen LogP contribution is -2.38. The summed E-state index contributed by atoms with van der Waals surface area (Å²) in [5.41, 5.74) is 3.00. The number of carbonyl (C=O) groups is 1. The summed E-state index contributed by atoms with van der Waals surface area (Å²) in [7, 11) is -2.07. The van der Waals surface area contributed by atoms with Crippen LogP contribution in [0.3, 0.4) is 0 Å². The minimum atomic E-state index is -3.42. The summed E-state index contributed by atoms with van der Waals surface area (Å²) in [6, 6.07) is 5.72. The van der Waals surface area contributed by atoms with E-state index in [1.807, 2.05) is 0 Å². The monoisotopic (exact) mass is 376 g/mol. The van der Waals surface area contributed by atoms with Crippen LogP contribution in [0.4, 0.5) is 0 Å². The molecule has 0 atom stereocenters. The van der Waals surface area contributed by atoms with E-state index < -0.39 is 16.0 Å². The molecule has 0 N–H and O–H groups in total. The zero-order valence-electron chi connectivity index (χ0n) is 15.2. The summed E-state index contributed by atoms with van der Waals surface area (Å²) < 4.78 is 31.2. The number of esters is 1. The van der Waals surface area contributed by atoms with Gasteiger partial charge in [0.1, 0.15) is 0 Å². The third-order valence-electron chi connectivity index (χ3n) is 5.72. The van der Waals surface area contributed by atoms with Gasteiger partial charge in [-0.1, -0.05) is 12.8 Å². The van der Waals surface area contributed by atoms with Crippen molar-refractivity contribution in [2.75, 3.05) is 19.9 Å². The van der Waals surface area contributed by atoms with Crippen molar-refractivity contribution in [2.24, 2.45) is 0 Å². The van der Waals surface area contributed by atoms with Crippen molar-refractivity contribution in [3.8, 4) is 0 Å². The first-order chi connectivity index (χ1) is 12.4. The van der Waals surface area contributed by atoms with Gasteiger partial charge in [0.2, 0.25) is 10.0 Å². The highest BCUT2D eigenvalue weighted by molar-refractivity contribution is 7.89. The predicted octanol–water partition coefficient (Wildman–Crippen LogP) is 2.54. The molecule has 7 heteroatoms. The molecule has 2 aromatic rings. The number of rotatable bonds is 3. The molecule has 0 radical (unpaired) electrons. The van der Waals surface area contributed by atoms with Crippen molar-refractivity contribution in [3.05, 3.63) is 35.0 Å². The fourth-order valence-corrected chi connectivity index (χ4v) is 5.66. The SMILES string of the molecule is COC(=O)c1ccc2c(c1)c1c(n2S(C)(=O)=O)CCN(C2CCCC2)C1. The number of carbonyl (C=O) groups excluding carboxylic acids is 1. The zero-order valence-corrected chi connectivity index (χ0v) is 16.0. The smallest absolute Gasteiger partial charge is 0.337 e. The van der Waals surface area contributed by atoms with E-state index in [9.17, 15) is 13.2 Å². The Morgan fingerprint density at radius 3 is 2.62 bits per heavy atom. The molecule has 0 unspecified atom stereocenters. The Morgan fingerprint density at radius 1 is 1.23 bits per heavy atom. The zero-order chi connectivity index (χ0) is 18.5. The van der Waals surface area contributed by atoms with Crippen molar-refractivity contribution in [3.63, 3.8) is 0 Å². The molecule has 4 rings (SSSR count). The molecule has 6 nitrogen and oxygen atoms in total. The van der Waals surface area contributed by atoms with Crippen LogP contribution in [0.2, 0.25) is 0 Å². The van der Waals surface area contributed by atoms with Crippen LogP contribution in [0.5, 0.6) is 0 Å². The lowest BCUT2D eigenvalue weighted by Gasteiger charge is -2.32. The Morgan fingerprint density at radius 2 is 1.96 bits per heavy atom. The standard InChI is InChI=1S/C19H24N2O4S/c1-25-19(22)13-7-8-17-15(11-13)16-12-20(14-5-3-4-6-14)10-9-18(16)21(17)26(2,23)24/h7-8,11,14H,3-6,9-10,12H2,1-2H3. The summed E-state index contributed by atoms with van der Waals surface area (Å²) in [6.07, 6.45) is 6.92. The van der Waals surface area contributed by atoms with Crippen LogP contribution in [0.25, 0.3) is 10.9 Å². The molecular weight excluding hydrogens is 352 g/mol. The Labute approximate surface area is 153 Å². The van der Waals surface area contributed by atoms with Crippen LogP contribution in [-0.4, -0.2) is 49.2 Å². The van der Waals surface area contributed by atoms with E-state index in [1.54, 1.807) is 18.2 Å². The molecule has 2 aliphatic rings. The molecule has 1 aliphatic heterocycles. The maximum Gasteiger partial charge on any atom is 0.337 e. The van der Waals surface area contributed by atoms with Gasteiger partial charge in [-0.25, -0.2) is 17.2 Å². The van der Waals surface area contributed by atoms with E-state index in [0.717, 1.165) is 29.7 Å². The molecule has 0 spiro atoms. The van der Waals surface area contributed by atoms with E-state index >= 15 is 0 Å². The van der Waals surface area contributed by atoms with E-state index in [2.05, 4.69) is 4.90 Å². The Balaban J connectivity index is 1.88. The molecule has 0 saturated heterocycles. The van der Waals surface area contributed by atoms with Crippen molar-refractivity contribution < 1.29 is 17.9 Å². The van der Waals surface area contributed by atoms with Gasteiger partial charge in [0.15, 0.2) is 0 Å². The van der Waals surface area contributed by atoms with Gasteiger partial charge < -0.3 is 4.74 Å². The first-order valence-corrected chi connectivity index (χ1v) is 10.9. The van der Waals surface area contributed by atoms with E-state index in [1.165, 1.54) is 43.0 Å². The van der Waals surface area contributed by atoms with Crippen LogP contribution < -0.4 is 0 Å². The molecule has 1 saturated carbocycles. The van der Waals surface area contributed by atoms with Gasteiger partial charge >= 0.3 is 5.97 Å².